The molecule has 3 rings (SSSR count). The zero-order valence-electron chi connectivity index (χ0n) is 14.9. The van der Waals surface area contributed by atoms with Crippen molar-refractivity contribution in [3.8, 4) is 0 Å². The average molecular weight is 342 g/mol. The maximum Gasteiger partial charge on any atom is 0.230 e. The van der Waals surface area contributed by atoms with Crippen LogP contribution in [0.15, 0.2) is 36.7 Å². The van der Waals surface area contributed by atoms with Crippen molar-refractivity contribution in [2.45, 2.75) is 39.2 Å². The summed E-state index contributed by atoms with van der Waals surface area (Å²) in [4.78, 5) is 19.2. The van der Waals surface area contributed by atoms with Gasteiger partial charge in [-0.05, 0) is 32.3 Å². The van der Waals surface area contributed by atoms with E-state index in [-0.39, 0.29) is 11.8 Å². The Labute approximate surface area is 148 Å². The molecule has 0 aliphatic carbocycles. The van der Waals surface area contributed by atoms with Gasteiger partial charge in [-0.1, -0.05) is 30.3 Å². The molecule has 1 aliphatic rings. The van der Waals surface area contributed by atoms with Gasteiger partial charge >= 0.3 is 0 Å². The number of hydrogen-bond donors (Lipinski definition) is 1. The number of amides is 1. The van der Waals surface area contributed by atoms with Crippen LogP contribution in [0.5, 0.6) is 0 Å². The van der Waals surface area contributed by atoms with Crippen LogP contribution in [0, 0.1) is 5.41 Å². The van der Waals surface area contributed by atoms with Crippen LogP contribution in [0.1, 0.15) is 44.0 Å². The normalized spacial score (nSPS) is 18.3. The molecule has 1 N–H and O–H groups in total. The Morgan fingerprint density at radius 2 is 2.16 bits per heavy atom. The summed E-state index contributed by atoms with van der Waals surface area (Å²) in [7, 11) is 0. The first-order valence-electron chi connectivity index (χ1n) is 8.82. The molecule has 6 heteroatoms. The summed E-state index contributed by atoms with van der Waals surface area (Å²) >= 11 is 0. The number of aromatic nitrogens is 3. The van der Waals surface area contributed by atoms with E-state index < -0.39 is 5.41 Å². The third kappa shape index (κ3) is 4.45. The molecule has 0 saturated carbocycles. The van der Waals surface area contributed by atoms with Crippen molar-refractivity contribution < 1.29 is 9.53 Å². The second kappa shape index (κ2) is 7.78. The number of rotatable bonds is 6. The maximum absolute atomic E-state index is 13.0. The van der Waals surface area contributed by atoms with Crippen LogP contribution in [-0.2, 0) is 16.1 Å². The van der Waals surface area contributed by atoms with Crippen molar-refractivity contribution in [1.29, 1.82) is 0 Å². The summed E-state index contributed by atoms with van der Waals surface area (Å²) in [5, 5.41) is 6.86. The Bertz CT molecular complexity index is 670. The highest BCUT2D eigenvalue weighted by molar-refractivity contribution is 5.82. The molecule has 0 unspecified atom stereocenters. The molecule has 1 fully saturated rings. The highest BCUT2D eigenvalue weighted by Gasteiger charge is 2.35. The van der Waals surface area contributed by atoms with Gasteiger partial charge in [0.2, 0.25) is 5.91 Å². The predicted octanol–water partition coefficient (Wildman–Crippen LogP) is 2.75. The first kappa shape index (κ1) is 17.6. The van der Waals surface area contributed by atoms with Gasteiger partial charge in [-0.15, -0.1) is 0 Å². The van der Waals surface area contributed by atoms with E-state index in [4.69, 9.17) is 4.74 Å². The van der Waals surface area contributed by atoms with Gasteiger partial charge in [-0.2, -0.15) is 5.10 Å². The van der Waals surface area contributed by atoms with E-state index in [1.807, 2.05) is 49.1 Å². The summed E-state index contributed by atoms with van der Waals surface area (Å²) in [6.07, 6.45) is 3.54. The van der Waals surface area contributed by atoms with Gasteiger partial charge in [0.25, 0.3) is 0 Å². The standard InChI is InChI=1S/C19H26N4O2/c1-19(2,13-25-12-15-7-4-3-5-8-15)18(24)23-10-6-9-16(11-23)17-20-14-21-22-17/h3-5,7-8,14,16H,6,9-13H2,1-2H3,(H,20,21,22)/t16-/m1/s1. The number of carbonyl (C=O) groups is 1. The molecule has 6 nitrogen and oxygen atoms in total. The first-order valence-corrected chi connectivity index (χ1v) is 8.82. The van der Waals surface area contributed by atoms with Crippen LogP contribution in [-0.4, -0.2) is 45.7 Å². The van der Waals surface area contributed by atoms with Crippen LogP contribution in [0.25, 0.3) is 0 Å². The second-order valence-corrected chi connectivity index (χ2v) is 7.32. The lowest BCUT2D eigenvalue weighted by Crippen LogP contribution is -2.47. The fraction of sp³-hybridized carbons (Fsp3) is 0.526. The van der Waals surface area contributed by atoms with Crippen molar-refractivity contribution in [1.82, 2.24) is 20.1 Å². The van der Waals surface area contributed by atoms with Gasteiger partial charge in [0, 0.05) is 19.0 Å². The smallest absolute Gasteiger partial charge is 0.230 e. The van der Waals surface area contributed by atoms with E-state index in [1.165, 1.54) is 6.33 Å². The van der Waals surface area contributed by atoms with Crippen LogP contribution in [0.2, 0.25) is 0 Å². The topological polar surface area (TPSA) is 71.1 Å². The molecule has 1 saturated heterocycles. The molecule has 1 atom stereocenters. The highest BCUT2D eigenvalue weighted by Crippen LogP contribution is 2.28. The SMILES string of the molecule is CC(C)(COCc1ccccc1)C(=O)N1CCC[C@@H](c2ncn[nH]2)C1. The van der Waals surface area contributed by atoms with Crippen molar-refractivity contribution in [3.05, 3.63) is 48.0 Å². The number of likely N-dealkylation sites (tertiary alicyclic amines) is 1. The van der Waals surface area contributed by atoms with Crippen LogP contribution in [0.3, 0.4) is 0 Å². The molecule has 0 radical (unpaired) electrons. The van der Waals surface area contributed by atoms with Crippen molar-refractivity contribution in [3.63, 3.8) is 0 Å². The summed E-state index contributed by atoms with van der Waals surface area (Å²) < 4.78 is 5.82. The van der Waals surface area contributed by atoms with Gasteiger partial charge < -0.3 is 9.64 Å². The molecule has 1 aromatic heterocycles. The molecule has 134 valence electrons. The van der Waals surface area contributed by atoms with Crippen molar-refractivity contribution >= 4 is 5.91 Å². The summed E-state index contributed by atoms with van der Waals surface area (Å²) in [6, 6.07) is 10.0. The fourth-order valence-electron chi connectivity index (χ4n) is 3.28. The summed E-state index contributed by atoms with van der Waals surface area (Å²) in [6.45, 7) is 6.33. The van der Waals surface area contributed by atoms with Gasteiger partial charge in [0.15, 0.2) is 0 Å². The monoisotopic (exact) mass is 342 g/mol. The Balaban J connectivity index is 1.54. The molecule has 1 aliphatic heterocycles. The van der Waals surface area contributed by atoms with Crippen molar-refractivity contribution in [2.75, 3.05) is 19.7 Å². The lowest BCUT2D eigenvalue weighted by atomic mass is 9.89. The van der Waals surface area contributed by atoms with Crippen LogP contribution >= 0.6 is 0 Å². The zero-order chi connectivity index (χ0) is 17.7. The minimum Gasteiger partial charge on any atom is -0.376 e. The number of aromatic amines is 1. The molecule has 25 heavy (non-hydrogen) atoms. The van der Waals surface area contributed by atoms with E-state index in [0.29, 0.717) is 19.8 Å². The second-order valence-electron chi connectivity index (χ2n) is 7.32. The fourth-order valence-corrected chi connectivity index (χ4v) is 3.28. The van der Waals surface area contributed by atoms with E-state index in [2.05, 4.69) is 15.2 Å². The molecule has 2 heterocycles. The molecule has 2 aromatic rings. The van der Waals surface area contributed by atoms with E-state index >= 15 is 0 Å². The van der Waals surface area contributed by atoms with Gasteiger partial charge in [-0.25, -0.2) is 4.98 Å². The number of H-pyrrole nitrogens is 1. The lowest BCUT2D eigenvalue weighted by Gasteiger charge is -2.37. The lowest BCUT2D eigenvalue weighted by molar-refractivity contribution is -0.145. The Hall–Kier alpha value is -2.21. The number of carbonyl (C=O) groups excluding carboxylic acids is 1. The molecule has 0 bridgehead atoms. The first-order chi connectivity index (χ1) is 12.1. The molecule has 1 aromatic carbocycles. The number of hydrogen-bond acceptors (Lipinski definition) is 4. The average Bonchev–Trinajstić information content (AvgIpc) is 3.17. The largest absolute Gasteiger partial charge is 0.376 e. The van der Waals surface area contributed by atoms with E-state index in [1.54, 1.807) is 0 Å². The zero-order valence-corrected chi connectivity index (χ0v) is 14.9. The minimum absolute atomic E-state index is 0.143. The van der Waals surface area contributed by atoms with Gasteiger partial charge in [0.05, 0.1) is 18.6 Å². The van der Waals surface area contributed by atoms with E-state index in [0.717, 1.165) is 30.8 Å². The predicted molar refractivity (Wildman–Crippen MR) is 94.8 cm³/mol. The van der Waals surface area contributed by atoms with E-state index in [9.17, 15) is 4.79 Å². The molecule has 0 spiro atoms. The quantitative estimate of drug-likeness (QED) is 0.876. The number of piperidine rings is 1. The number of nitrogens with one attached hydrogen (secondary N) is 1. The van der Waals surface area contributed by atoms with Crippen molar-refractivity contribution in [2.24, 2.45) is 5.41 Å². The number of nitrogens with zero attached hydrogens (tertiary/aromatic N) is 3. The number of ether oxygens (including phenoxy) is 1. The van der Waals surface area contributed by atoms with Crippen LogP contribution < -0.4 is 0 Å². The number of benzene rings is 1. The summed E-state index contributed by atoms with van der Waals surface area (Å²) in [5.74, 6) is 1.25. The highest BCUT2D eigenvalue weighted by atomic mass is 16.5. The minimum atomic E-state index is -0.544. The van der Waals surface area contributed by atoms with Crippen LogP contribution in [0.4, 0.5) is 0 Å². The third-order valence-electron chi connectivity index (χ3n) is 4.68. The van der Waals surface area contributed by atoms with Gasteiger partial charge in [0.1, 0.15) is 12.2 Å². The third-order valence-corrected chi connectivity index (χ3v) is 4.68. The summed E-state index contributed by atoms with van der Waals surface area (Å²) in [5.41, 5.74) is 0.576. The molecule has 1 amide bonds. The Morgan fingerprint density at radius 3 is 2.88 bits per heavy atom. The Morgan fingerprint density at radius 1 is 1.36 bits per heavy atom. The van der Waals surface area contributed by atoms with Gasteiger partial charge in [-0.3, -0.25) is 9.89 Å². The maximum atomic E-state index is 13.0. The molecular weight excluding hydrogens is 316 g/mol. The molecular formula is C19H26N4O2. The Kier molecular flexibility index (Phi) is 5.48.